The first-order chi connectivity index (χ1) is 10.2. The van der Waals surface area contributed by atoms with E-state index in [1.165, 1.54) is 20.3 Å². The molecule has 0 radical (unpaired) electrons. The lowest BCUT2D eigenvalue weighted by Crippen LogP contribution is -2.34. The molecule has 6 heteroatoms. The van der Waals surface area contributed by atoms with E-state index in [1.807, 2.05) is 0 Å². The highest BCUT2D eigenvalue weighted by Crippen LogP contribution is 2.40. The van der Waals surface area contributed by atoms with Crippen LogP contribution in [0.15, 0.2) is 35.3 Å². The summed E-state index contributed by atoms with van der Waals surface area (Å²) in [5.41, 5.74) is -0.693. The number of rotatable bonds is 7. The Balaban J connectivity index is 3.57. The molecule has 6 nitrogen and oxygen atoms in total. The monoisotopic (exact) mass is 308 g/mol. The quantitative estimate of drug-likeness (QED) is 0.571. The second-order valence-corrected chi connectivity index (χ2v) is 5.53. The van der Waals surface area contributed by atoms with E-state index in [4.69, 9.17) is 14.6 Å². The molecule has 0 amide bonds. The summed E-state index contributed by atoms with van der Waals surface area (Å²) in [4.78, 5) is 36.3. The van der Waals surface area contributed by atoms with Crippen molar-refractivity contribution in [1.29, 1.82) is 0 Å². The minimum absolute atomic E-state index is 0.137. The van der Waals surface area contributed by atoms with Gasteiger partial charge in [-0.2, -0.15) is 0 Å². The van der Waals surface area contributed by atoms with Crippen LogP contribution in [0.25, 0.3) is 0 Å². The van der Waals surface area contributed by atoms with Crippen molar-refractivity contribution in [3.63, 3.8) is 0 Å². The fourth-order valence-corrected chi connectivity index (χ4v) is 2.60. The van der Waals surface area contributed by atoms with Crippen molar-refractivity contribution in [3.05, 3.63) is 35.3 Å². The number of hydrogen-bond acceptors (Lipinski definition) is 5. The molecule has 0 spiro atoms. The van der Waals surface area contributed by atoms with Crippen molar-refractivity contribution < 1.29 is 29.0 Å². The van der Waals surface area contributed by atoms with Crippen LogP contribution < -0.4 is 0 Å². The van der Waals surface area contributed by atoms with Gasteiger partial charge in [0.2, 0.25) is 23.1 Å². The number of ketones is 2. The molecule has 1 aliphatic carbocycles. The van der Waals surface area contributed by atoms with Gasteiger partial charge in [-0.25, -0.2) is 0 Å². The molecule has 120 valence electrons. The van der Waals surface area contributed by atoms with Gasteiger partial charge < -0.3 is 14.6 Å². The van der Waals surface area contributed by atoms with E-state index in [0.29, 0.717) is 0 Å². The van der Waals surface area contributed by atoms with E-state index in [0.717, 1.165) is 0 Å². The van der Waals surface area contributed by atoms with E-state index in [9.17, 15) is 14.4 Å². The molecule has 0 bridgehead atoms. The summed E-state index contributed by atoms with van der Waals surface area (Å²) in [5, 5.41) is 9.06. The molecule has 22 heavy (non-hydrogen) atoms. The zero-order valence-corrected chi connectivity index (χ0v) is 13.2. The van der Waals surface area contributed by atoms with E-state index in [1.54, 1.807) is 13.8 Å². The molecule has 1 rings (SSSR count). The summed E-state index contributed by atoms with van der Waals surface area (Å²) in [6, 6.07) is 0. The zero-order chi connectivity index (χ0) is 17.1. The van der Waals surface area contributed by atoms with Crippen molar-refractivity contribution in [3.8, 4) is 0 Å². The molecule has 0 aromatic heterocycles. The molecule has 0 saturated heterocycles. The van der Waals surface area contributed by atoms with Gasteiger partial charge >= 0.3 is 5.97 Å². The summed E-state index contributed by atoms with van der Waals surface area (Å²) in [6.45, 7) is 6.79. The third-order valence-corrected chi connectivity index (χ3v) is 3.45. The number of hydrogen-bond donors (Lipinski definition) is 1. The van der Waals surface area contributed by atoms with Gasteiger partial charge in [0.1, 0.15) is 0 Å². The lowest BCUT2D eigenvalue weighted by molar-refractivity contribution is -0.139. The van der Waals surface area contributed by atoms with Crippen LogP contribution in [-0.4, -0.2) is 36.9 Å². The number of carbonyl (C=O) groups is 3. The molecule has 0 saturated carbocycles. The predicted octanol–water partition coefficient (Wildman–Crippen LogP) is 2.02. The largest absolute Gasteiger partial charge is 0.489 e. The smallest absolute Gasteiger partial charge is 0.304 e. The normalized spacial score (nSPS) is 16.0. The second kappa shape index (κ2) is 6.60. The minimum Gasteiger partial charge on any atom is -0.489 e. The molecule has 0 unspecified atom stereocenters. The Labute approximate surface area is 129 Å². The Kier molecular flexibility index (Phi) is 5.30. The van der Waals surface area contributed by atoms with Crippen LogP contribution in [0.5, 0.6) is 0 Å². The number of carbonyl (C=O) groups excluding carboxylic acids is 2. The van der Waals surface area contributed by atoms with Gasteiger partial charge in [0.05, 0.1) is 20.6 Å². The van der Waals surface area contributed by atoms with Gasteiger partial charge in [0.25, 0.3) is 0 Å². The van der Waals surface area contributed by atoms with Crippen LogP contribution in [0.4, 0.5) is 0 Å². The number of methoxy groups -OCH3 is 2. The molecule has 0 aromatic rings. The maximum Gasteiger partial charge on any atom is 0.304 e. The van der Waals surface area contributed by atoms with Crippen LogP contribution in [0, 0.1) is 5.41 Å². The number of allylic oxidation sites excluding steroid dienone is 3. The highest BCUT2D eigenvalue weighted by Gasteiger charge is 2.43. The lowest BCUT2D eigenvalue weighted by atomic mass is 9.72. The van der Waals surface area contributed by atoms with Gasteiger partial charge in [-0.15, -0.1) is 6.58 Å². The molecular weight excluding hydrogens is 288 g/mol. The van der Waals surface area contributed by atoms with E-state index < -0.39 is 23.0 Å². The summed E-state index contributed by atoms with van der Waals surface area (Å²) < 4.78 is 10.0. The van der Waals surface area contributed by atoms with Crippen molar-refractivity contribution in [2.24, 2.45) is 5.41 Å². The van der Waals surface area contributed by atoms with Crippen LogP contribution in [0.2, 0.25) is 0 Å². The first-order valence-electron chi connectivity index (χ1n) is 6.69. The number of aliphatic carboxylic acids is 1. The number of ether oxygens (including phenoxy) is 2. The number of carboxylic acids is 1. The van der Waals surface area contributed by atoms with E-state index in [-0.39, 0.29) is 35.5 Å². The minimum atomic E-state index is -1.06. The standard InChI is InChI=1S/C16H20O6/c1-6-7-9-11(16(2,3)8-10(17)18)13(20)15(22-5)14(21-4)12(9)19/h6H,1,7-8H2,2-5H3,(H,17,18). The number of carboxylic acid groups (broad SMARTS) is 1. The second-order valence-electron chi connectivity index (χ2n) is 5.53. The first-order valence-corrected chi connectivity index (χ1v) is 6.69. The van der Waals surface area contributed by atoms with Gasteiger partial charge in [-0.3, -0.25) is 14.4 Å². The van der Waals surface area contributed by atoms with Crippen molar-refractivity contribution in [1.82, 2.24) is 0 Å². The Morgan fingerprint density at radius 3 is 2.09 bits per heavy atom. The van der Waals surface area contributed by atoms with Gasteiger partial charge in [-0.1, -0.05) is 19.9 Å². The van der Waals surface area contributed by atoms with Crippen LogP contribution in [0.3, 0.4) is 0 Å². The zero-order valence-electron chi connectivity index (χ0n) is 13.2. The Morgan fingerprint density at radius 1 is 1.18 bits per heavy atom. The predicted molar refractivity (Wildman–Crippen MR) is 78.9 cm³/mol. The van der Waals surface area contributed by atoms with Crippen LogP contribution in [0.1, 0.15) is 26.7 Å². The van der Waals surface area contributed by atoms with Crippen molar-refractivity contribution in [2.45, 2.75) is 26.7 Å². The Morgan fingerprint density at radius 2 is 1.68 bits per heavy atom. The summed E-state index contributed by atoms with van der Waals surface area (Å²) >= 11 is 0. The van der Waals surface area contributed by atoms with Gasteiger partial charge in [-0.05, 0) is 6.42 Å². The topological polar surface area (TPSA) is 89.9 Å². The summed E-state index contributed by atoms with van der Waals surface area (Å²) in [7, 11) is 2.54. The molecule has 0 atom stereocenters. The van der Waals surface area contributed by atoms with E-state index in [2.05, 4.69) is 6.58 Å². The van der Waals surface area contributed by atoms with Crippen molar-refractivity contribution >= 4 is 17.5 Å². The summed E-state index contributed by atoms with van der Waals surface area (Å²) in [5.74, 6) is -2.43. The maximum absolute atomic E-state index is 12.7. The SMILES string of the molecule is C=CCC1=C(C(C)(C)CC(=O)O)C(=O)C(OC)=C(OC)C1=O. The molecular formula is C16H20O6. The third kappa shape index (κ3) is 3.10. The van der Waals surface area contributed by atoms with Crippen LogP contribution in [-0.2, 0) is 23.9 Å². The van der Waals surface area contributed by atoms with Gasteiger partial charge in [0.15, 0.2) is 0 Å². The van der Waals surface area contributed by atoms with Crippen LogP contribution >= 0.6 is 0 Å². The molecule has 0 heterocycles. The molecule has 1 aliphatic rings. The number of Topliss-reactive ketones (excluding diaryl/α,β-unsaturated/α-hetero) is 2. The molecule has 0 aliphatic heterocycles. The highest BCUT2D eigenvalue weighted by atomic mass is 16.5. The highest BCUT2D eigenvalue weighted by molar-refractivity contribution is 6.24. The maximum atomic E-state index is 12.7. The Bertz CT molecular complexity index is 592. The Hall–Kier alpha value is -2.37. The lowest BCUT2D eigenvalue weighted by Gasteiger charge is -2.31. The molecule has 0 fully saturated rings. The van der Waals surface area contributed by atoms with Gasteiger partial charge in [0, 0.05) is 16.6 Å². The summed E-state index contributed by atoms with van der Waals surface area (Å²) in [6.07, 6.45) is 1.34. The fourth-order valence-electron chi connectivity index (χ4n) is 2.60. The fraction of sp³-hybridized carbons (Fsp3) is 0.438. The molecule has 0 aromatic carbocycles. The average molecular weight is 308 g/mol. The average Bonchev–Trinajstić information content (AvgIpc) is 2.40. The molecule has 1 N–H and O–H groups in total. The van der Waals surface area contributed by atoms with E-state index >= 15 is 0 Å². The van der Waals surface area contributed by atoms with Crippen molar-refractivity contribution in [2.75, 3.05) is 14.2 Å². The first kappa shape index (κ1) is 17.7. The third-order valence-electron chi connectivity index (χ3n) is 3.45.